The molecule has 0 atom stereocenters. The number of hydrogen-bond acceptors (Lipinski definition) is 2. The fraction of sp³-hybridized carbons (Fsp3) is 0. The summed E-state index contributed by atoms with van der Waals surface area (Å²) in [6, 6.07) is 8.93. The van der Waals surface area contributed by atoms with Crippen LogP contribution in [-0.2, 0) is 0 Å². The summed E-state index contributed by atoms with van der Waals surface area (Å²) >= 11 is 5.68. The maximum atomic E-state index is 13.6. The number of halogens is 2. The molecule has 2 rings (SSSR count). The highest BCUT2D eigenvalue weighted by molar-refractivity contribution is 6.30. The van der Waals surface area contributed by atoms with E-state index in [-0.39, 0.29) is 5.56 Å². The quantitative estimate of drug-likeness (QED) is 0.761. The van der Waals surface area contributed by atoms with Gasteiger partial charge in [0.25, 0.3) is 0 Å². The summed E-state index contributed by atoms with van der Waals surface area (Å²) in [5, 5.41) is 0.465. The minimum absolute atomic E-state index is 0.173. The highest BCUT2D eigenvalue weighted by Crippen LogP contribution is 2.19. The molecule has 0 N–H and O–H groups in total. The highest BCUT2D eigenvalue weighted by Gasteiger charge is 2.07. The Morgan fingerprint density at radius 3 is 2.56 bits per heavy atom. The van der Waals surface area contributed by atoms with Crippen LogP contribution in [0, 0.1) is 5.82 Å². The first kappa shape index (κ1) is 10.8. The van der Waals surface area contributed by atoms with E-state index in [2.05, 4.69) is 4.98 Å². The van der Waals surface area contributed by atoms with Gasteiger partial charge in [-0.25, -0.2) is 4.39 Å². The Labute approximate surface area is 96.3 Å². The van der Waals surface area contributed by atoms with Crippen LogP contribution < -0.4 is 5.43 Å². The molecule has 0 amide bonds. The molecule has 1 aromatic carbocycles. The molecule has 2 nitrogen and oxygen atoms in total. The smallest absolute Gasteiger partial charge is 0.214 e. The number of rotatable bonds is 1. The van der Waals surface area contributed by atoms with Gasteiger partial charge in [0.05, 0.1) is 10.7 Å². The third-order valence-electron chi connectivity index (χ3n) is 2.08. The molecule has 0 fully saturated rings. The van der Waals surface area contributed by atoms with Gasteiger partial charge >= 0.3 is 0 Å². The number of aromatic nitrogens is 1. The van der Waals surface area contributed by atoms with Crippen molar-refractivity contribution in [3.05, 3.63) is 63.7 Å². The molecule has 0 bridgehead atoms. The monoisotopic (exact) mass is 235 g/mol. The Morgan fingerprint density at radius 1 is 1.12 bits per heavy atom. The Morgan fingerprint density at radius 2 is 1.88 bits per heavy atom. The largest absolute Gasteiger partial charge is 0.287 e. The van der Waals surface area contributed by atoms with Gasteiger partial charge in [0.15, 0.2) is 5.82 Å². The van der Waals surface area contributed by atoms with Gasteiger partial charge in [-0.2, -0.15) is 0 Å². The SMILES string of the molecule is O=c1ccccc(-c2ccc(Cl)cn2)c1F. The summed E-state index contributed by atoms with van der Waals surface area (Å²) in [5.74, 6) is -0.806. The van der Waals surface area contributed by atoms with Crippen molar-refractivity contribution in [3.63, 3.8) is 0 Å². The van der Waals surface area contributed by atoms with E-state index >= 15 is 0 Å². The van der Waals surface area contributed by atoms with Gasteiger partial charge in [-0.1, -0.05) is 23.7 Å². The van der Waals surface area contributed by atoms with E-state index in [9.17, 15) is 9.18 Å². The van der Waals surface area contributed by atoms with E-state index in [0.29, 0.717) is 10.7 Å². The van der Waals surface area contributed by atoms with Gasteiger partial charge in [-0.15, -0.1) is 0 Å². The molecule has 0 aliphatic rings. The summed E-state index contributed by atoms with van der Waals surface area (Å²) in [7, 11) is 0. The van der Waals surface area contributed by atoms with Crippen molar-refractivity contribution in [1.29, 1.82) is 0 Å². The molecule has 16 heavy (non-hydrogen) atoms. The minimum atomic E-state index is -0.806. The first-order valence-corrected chi connectivity index (χ1v) is 4.97. The summed E-state index contributed by atoms with van der Waals surface area (Å²) in [5.41, 5.74) is -0.0985. The van der Waals surface area contributed by atoms with Gasteiger partial charge < -0.3 is 0 Å². The van der Waals surface area contributed by atoms with Gasteiger partial charge in [0, 0.05) is 11.8 Å². The second kappa shape index (κ2) is 4.41. The molecule has 1 aromatic heterocycles. The zero-order valence-electron chi connectivity index (χ0n) is 8.15. The van der Waals surface area contributed by atoms with E-state index in [0.717, 1.165) is 0 Å². The molecule has 0 saturated heterocycles. The van der Waals surface area contributed by atoms with E-state index in [1.165, 1.54) is 24.4 Å². The maximum absolute atomic E-state index is 13.6. The van der Waals surface area contributed by atoms with Crippen molar-refractivity contribution in [2.75, 3.05) is 0 Å². The molecular weight excluding hydrogens is 229 g/mol. The van der Waals surface area contributed by atoms with Crippen molar-refractivity contribution in [1.82, 2.24) is 4.98 Å². The molecular formula is C12H7ClFNO. The zero-order chi connectivity index (χ0) is 11.5. The van der Waals surface area contributed by atoms with Crippen LogP contribution in [0.3, 0.4) is 0 Å². The van der Waals surface area contributed by atoms with Crippen LogP contribution in [0.2, 0.25) is 5.02 Å². The van der Waals surface area contributed by atoms with Crippen molar-refractivity contribution >= 4 is 11.6 Å². The summed E-state index contributed by atoms with van der Waals surface area (Å²) in [4.78, 5) is 15.2. The van der Waals surface area contributed by atoms with Crippen LogP contribution in [0.5, 0.6) is 0 Å². The van der Waals surface area contributed by atoms with Gasteiger partial charge in [0.1, 0.15) is 0 Å². The summed E-state index contributed by atoms with van der Waals surface area (Å²) in [6.45, 7) is 0. The molecule has 80 valence electrons. The average molecular weight is 236 g/mol. The minimum Gasteiger partial charge on any atom is -0.287 e. The third kappa shape index (κ3) is 2.09. The van der Waals surface area contributed by atoms with Crippen LogP contribution in [0.4, 0.5) is 4.39 Å². The van der Waals surface area contributed by atoms with Gasteiger partial charge in [-0.05, 0) is 24.3 Å². The average Bonchev–Trinajstić information content (AvgIpc) is 2.44. The molecule has 4 heteroatoms. The summed E-state index contributed by atoms with van der Waals surface area (Å²) < 4.78 is 13.6. The standard InChI is InChI=1S/C12H7ClFNO/c13-8-5-6-10(15-7-8)9-3-1-2-4-11(16)12(9)14/h1-7H. The zero-order valence-corrected chi connectivity index (χ0v) is 8.91. The van der Waals surface area contributed by atoms with Crippen LogP contribution in [0.1, 0.15) is 0 Å². The lowest BCUT2D eigenvalue weighted by Gasteiger charge is -1.98. The lowest BCUT2D eigenvalue weighted by Crippen LogP contribution is -2.02. The number of nitrogens with zero attached hydrogens (tertiary/aromatic N) is 1. The van der Waals surface area contributed by atoms with E-state index < -0.39 is 11.2 Å². The van der Waals surface area contributed by atoms with Crippen LogP contribution >= 0.6 is 11.6 Å². The fourth-order valence-corrected chi connectivity index (χ4v) is 1.42. The van der Waals surface area contributed by atoms with E-state index in [4.69, 9.17) is 11.6 Å². The van der Waals surface area contributed by atoms with Crippen molar-refractivity contribution in [2.24, 2.45) is 0 Å². The van der Waals surface area contributed by atoms with E-state index in [1.54, 1.807) is 18.2 Å². The predicted molar refractivity (Wildman–Crippen MR) is 60.9 cm³/mol. The fourth-order valence-electron chi connectivity index (χ4n) is 1.31. The first-order valence-electron chi connectivity index (χ1n) is 4.59. The Balaban J connectivity index is 2.66. The molecule has 0 spiro atoms. The third-order valence-corrected chi connectivity index (χ3v) is 2.30. The van der Waals surface area contributed by atoms with Crippen LogP contribution in [0.15, 0.2) is 47.4 Å². The molecule has 0 aliphatic heterocycles. The maximum Gasteiger partial charge on any atom is 0.214 e. The first-order chi connectivity index (χ1) is 7.68. The van der Waals surface area contributed by atoms with Crippen molar-refractivity contribution < 1.29 is 4.39 Å². The van der Waals surface area contributed by atoms with Crippen molar-refractivity contribution in [3.8, 4) is 11.3 Å². The number of hydrogen-bond donors (Lipinski definition) is 0. The molecule has 1 heterocycles. The van der Waals surface area contributed by atoms with Crippen LogP contribution in [0.25, 0.3) is 11.3 Å². The molecule has 0 unspecified atom stereocenters. The van der Waals surface area contributed by atoms with Crippen LogP contribution in [-0.4, -0.2) is 4.98 Å². The second-order valence-electron chi connectivity index (χ2n) is 3.17. The molecule has 0 saturated carbocycles. The summed E-state index contributed by atoms with van der Waals surface area (Å²) in [6.07, 6.45) is 1.41. The van der Waals surface area contributed by atoms with E-state index in [1.807, 2.05) is 0 Å². The van der Waals surface area contributed by atoms with Gasteiger partial charge in [0.2, 0.25) is 5.43 Å². The Hall–Kier alpha value is -1.74. The van der Waals surface area contributed by atoms with Gasteiger partial charge in [-0.3, -0.25) is 9.78 Å². The Kier molecular flexibility index (Phi) is 2.97. The highest BCUT2D eigenvalue weighted by atomic mass is 35.5. The molecule has 0 radical (unpaired) electrons. The molecule has 2 aromatic rings. The predicted octanol–water partition coefficient (Wildman–Crippen LogP) is 2.90. The van der Waals surface area contributed by atoms with Crippen molar-refractivity contribution in [2.45, 2.75) is 0 Å². The molecule has 0 aliphatic carbocycles. The normalized spacial score (nSPS) is 10.1. The second-order valence-corrected chi connectivity index (χ2v) is 3.61. The Bertz CT molecular complexity index is 569. The topological polar surface area (TPSA) is 30.0 Å². The lowest BCUT2D eigenvalue weighted by molar-refractivity contribution is 0.622. The lowest BCUT2D eigenvalue weighted by atomic mass is 10.2. The number of pyridine rings is 1.